The quantitative estimate of drug-likeness (QED) is 0.752. The number of carbonyl (C=O) groups excluding carboxylic acids is 1. The van der Waals surface area contributed by atoms with Crippen LogP contribution in [-0.2, 0) is 15.7 Å². The highest BCUT2D eigenvalue weighted by Gasteiger charge is 2.55. The number of amides is 1. The van der Waals surface area contributed by atoms with Gasteiger partial charge < -0.3 is 14.2 Å². The van der Waals surface area contributed by atoms with Crippen molar-refractivity contribution >= 4 is 5.91 Å². The zero-order chi connectivity index (χ0) is 21.0. The van der Waals surface area contributed by atoms with E-state index in [-0.39, 0.29) is 29.7 Å². The molecule has 0 radical (unpaired) electrons. The van der Waals surface area contributed by atoms with E-state index in [1.165, 1.54) is 12.1 Å². The van der Waals surface area contributed by atoms with Crippen LogP contribution in [-0.4, -0.2) is 47.3 Å². The van der Waals surface area contributed by atoms with E-state index in [9.17, 15) is 18.0 Å². The van der Waals surface area contributed by atoms with Gasteiger partial charge in [-0.2, -0.15) is 18.2 Å². The SMILES string of the molecule is COC1CN(C(=O)[C@H]2[C@H]3CC[C@H](C3)[C@@H]2c2nc(-c3ccc(C(F)(F)F)cc3)no2)C1. The summed E-state index contributed by atoms with van der Waals surface area (Å²) in [6.07, 6.45) is -1.27. The second-order valence-corrected chi connectivity index (χ2v) is 8.52. The van der Waals surface area contributed by atoms with Gasteiger partial charge in [-0.05, 0) is 43.2 Å². The molecule has 1 amide bonds. The van der Waals surface area contributed by atoms with Crippen molar-refractivity contribution in [2.45, 2.75) is 37.5 Å². The first-order valence-electron chi connectivity index (χ1n) is 10.2. The molecular formula is C21H22F3N3O3. The fraction of sp³-hybridized carbons (Fsp3) is 0.571. The minimum atomic E-state index is -4.39. The van der Waals surface area contributed by atoms with Crippen molar-refractivity contribution < 1.29 is 27.2 Å². The van der Waals surface area contributed by atoms with Crippen molar-refractivity contribution in [3.63, 3.8) is 0 Å². The van der Waals surface area contributed by atoms with Crippen LogP contribution in [0.15, 0.2) is 28.8 Å². The Bertz CT molecular complexity index is 937. The molecular weight excluding hydrogens is 399 g/mol. The molecule has 1 aromatic heterocycles. The molecule has 0 spiro atoms. The molecule has 3 aliphatic rings. The second-order valence-electron chi connectivity index (χ2n) is 8.52. The van der Waals surface area contributed by atoms with Crippen LogP contribution >= 0.6 is 0 Å². The lowest BCUT2D eigenvalue weighted by atomic mass is 9.78. The molecule has 160 valence electrons. The predicted molar refractivity (Wildman–Crippen MR) is 99.2 cm³/mol. The number of benzene rings is 1. The highest BCUT2D eigenvalue weighted by Crippen LogP contribution is 2.57. The van der Waals surface area contributed by atoms with Crippen molar-refractivity contribution in [2.75, 3.05) is 20.2 Å². The van der Waals surface area contributed by atoms with Crippen molar-refractivity contribution in [1.82, 2.24) is 15.0 Å². The third-order valence-electron chi connectivity index (χ3n) is 6.89. The molecule has 6 nitrogen and oxygen atoms in total. The number of ether oxygens (including phenoxy) is 1. The van der Waals surface area contributed by atoms with Gasteiger partial charge in [0.2, 0.25) is 17.6 Å². The maximum Gasteiger partial charge on any atom is 0.416 e. The summed E-state index contributed by atoms with van der Waals surface area (Å²) in [5, 5.41) is 3.99. The van der Waals surface area contributed by atoms with E-state index in [0.29, 0.717) is 36.4 Å². The van der Waals surface area contributed by atoms with Crippen molar-refractivity contribution in [1.29, 1.82) is 0 Å². The van der Waals surface area contributed by atoms with Gasteiger partial charge in [-0.25, -0.2) is 0 Å². The van der Waals surface area contributed by atoms with Crippen LogP contribution in [0, 0.1) is 17.8 Å². The minimum absolute atomic E-state index is 0.0978. The molecule has 5 rings (SSSR count). The van der Waals surface area contributed by atoms with Gasteiger partial charge in [0.25, 0.3) is 0 Å². The Morgan fingerprint density at radius 2 is 1.87 bits per heavy atom. The molecule has 1 saturated heterocycles. The van der Waals surface area contributed by atoms with E-state index in [1.807, 2.05) is 4.90 Å². The summed E-state index contributed by atoms with van der Waals surface area (Å²) in [6.45, 7) is 1.22. The number of hydrogen-bond acceptors (Lipinski definition) is 5. The number of aromatic nitrogens is 2. The number of carbonyl (C=O) groups is 1. The molecule has 2 saturated carbocycles. The fourth-order valence-electron chi connectivity index (χ4n) is 5.28. The molecule has 9 heteroatoms. The van der Waals surface area contributed by atoms with Gasteiger partial charge in [-0.15, -0.1) is 0 Å². The Labute approximate surface area is 171 Å². The van der Waals surface area contributed by atoms with Gasteiger partial charge in [-0.3, -0.25) is 4.79 Å². The highest BCUT2D eigenvalue weighted by atomic mass is 19.4. The lowest BCUT2D eigenvalue weighted by Crippen LogP contribution is -2.57. The molecule has 4 atom stereocenters. The number of alkyl halides is 3. The smallest absolute Gasteiger partial charge is 0.378 e. The number of fused-ring (bicyclic) bond motifs is 2. The number of hydrogen-bond donors (Lipinski definition) is 0. The molecule has 0 N–H and O–H groups in total. The molecule has 2 heterocycles. The van der Waals surface area contributed by atoms with Gasteiger partial charge in [0.1, 0.15) is 0 Å². The fourth-order valence-corrected chi connectivity index (χ4v) is 5.28. The number of halogens is 3. The number of nitrogens with zero attached hydrogens (tertiary/aromatic N) is 3. The summed E-state index contributed by atoms with van der Waals surface area (Å²) in [5.41, 5.74) is -0.271. The summed E-state index contributed by atoms with van der Waals surface area (Å²) in [5.74, 6) is 1.11. The van der Waals surface area contributed by atoms with Crippen molar-refractivity contribution in [3.8, 4) is 11.4 Å². The minimum Gasteiger partial charge on any atom is -0.378 e. The van der Waals surface area contributed by atoms with Crippen LogP contribution in [0.1, 0.15) is 36.6 Å². The highest BCUT2D eigenvalue weighted by molar-refractivity contribution is 5.81. The number of methoxy groups -OCH3 is 1. The summed E-state index contributed by atoms with van der Waals surface area (Å²) < 4.78 is 49.2. The van der Waals surface area contributed by atoms with E-state index < -0.39 is 11.7 Å². The van der Waals surface area contributed by atoms with E-state index in [2.05, 4.69) is 10.1 Å². The second kappa shape index (κ2) is 7.08. The van der Waals surface area contributed by atoms with Gasteiger partial charge in [-0.1, -0.05) is 17.3 Å². The Morgan fingerprint density at radius 3 is 2.53 bits per heavy atom. The van der Waals surface area contributed by atoms with E-state index in [1.54, 1.807) is 7.11 Å². The number of likely N-dealkylation sites (tertiary alicyclic amines) is 1. The monoisotopic (exact) mass is 421 g/mol. The van der Waals surface area contributed by atoms with Crippen LogP contribution in [0.4, 0.5) is 13.2 Å². The molecule has 2 aromatic rings. The van der Waals surface area contributed by atoms with Crippen molar-refractivity contribution in [3.05, 3.63) is 35.7 Å². The zero-order valence-corrected chi connectivity index (χ0v) is 16.4. The van der Waals surface area contributed by atoms with Crippen LogP contribution in [0.2, 0.25) is 0 Å². The Morgan fingerprint density at radius 1 is 1.17 bits per heavy atom. The summed E-state index contributed by atoms with van der Waals surface area (Å²) >= 11 is 0. The van der Waals surface area contributed by atoms with E-state index in [4.69, 9.17) is 9.26 Å². The average molecular weight is 421 g/mol. The van der Waals surface area contributed by atoms with Crippen LogP contribution in [0.25, 0.3) is 11.4 Å². The molecule has 3 fully saturated rings. The molecule has 0 unspecified atom stereocenters. The zero-order valence-electron chi connectivity index (χ0n) is 16.4. The van der Waals surface area contributed by atoms with E-state index in [0.717, 1.165) is 31.4 Å². The molecule has 1 aromatic carbocycles. The van der Waals surface area contributed by atoms with Crippen LogP contribution < -0.4 is 0 Å². The first-order valence-corrected chi connectivity index (χ1v) is 10.2. The lowest BCUT2D eigenvalue weighted by molar-refractivity contribution is -0.150. The summed E-state index contributed by atoms with van der Waals surface area (Å²) in [7, 11) is 1.65. The number of rotatable bonds is 4. The first-order chi connectivity index (χ1) is 14.3. The maximum atomic E-state index is 13.1. The summed E-state index contributed by atoms with van der Waals surface area (Å²) in [6, 6.07) is 4.69. The third-order valence-corrected chi connectivity index (χ3v) is 6.89. The molecule has 2 bridgehead atoms. The maximum absolute atomic E-state index is 13.1. The van der Waals surface area contributed by atoms with Gasteiger partial charge in [0, 0.05) is 25.8 Å². The molecule has 30 heavy (non-hydrogen) atoms. The largest absolute Gasteiger partial charge is 0.416 e. The van der Waals surface area contributed by atoms with E-state index >= 15 is 0 Å². The Kier molecular flexibility index (Phi) is 4.61. The van der Waals surface area contributed by atoms with Crippen LogP contribution in [0.5, 0.6) is 0 Å². The van der Waals surface area contributed by atoms with Crippen molar-refractivity contribution in [2.24, 2.45) is 17.8 Å². The Hall–Kier alpha value is -2.42. The topological polar surface area (TPSA) is 68.5 Å². The average Bonchev–Trinajstić information content (AvgIpc) is 3.42. The predicted octanol–water partition coefficient (Wildman–Crippen LogP) is 3.74. The Balaban J connectivity index is 1.37. The van der Waals surface area contributed by atoms with Crippen LogP contribution in [0.3, 0.4) is 0 Å². The summed E-state index contributed by atoms with van der Waals surface area (Å²) in [4.78, 5) is 19.5. The van der Waals surface area contributed by atoms with Gasteiger partial charge >= 0.3 is 6.18 Å². The third kappa shape index (κ3) is 3.19. The standard InChI is InChI=1S/C21H22F3N3O3/c1-29-15-9-27(10-15)20(28)17-13-3-2-12(8-13)16(17)19-25-18(26-30-19)11-4-6-14(7-5-11)21(22,23)24/h4-7,12-13,15-17H,2-3,8-10H2,1H3/t12-,13+,16+,17+/m1/s1. The molecule has 1 aliphatic heterocycles. The lowest BCUT2D eigenvalue weighted by Gasteiger charge is -2.41. The normalized spacial score (nSPS) is 28.7. The first kappa shape index (κ1) is 19.5. The van der Waals surface area contributed by atoms with Gasteiger partial charge in [0.15, 0.2) is 0 Å². The molecule has 2 aliphatic carbocycles. The van der Waals surface area contributed by atoms with Gasteiger partial charge in [0.05, 0.1) is 23.5 Å².